The predicted octanol–water partition coefficient (Wildman–Crippen LogP) is 3.19. The lowest BCUT2D eigenvalue weighted by molar-refractivity contribution is 0.102. The molecule has 98 valence electrons. The summed E-state index contributed by atoms with van der Waals surface area (Å²) in [6.45, 7) is 0. The molecule has 4 nitrogen and oxygen atoms in total. The standard InChI is InChI=1S/C16H12N2O2/c19-14-9-8-13(12-7-4-10-17-15(12)14)18-16(20)11-5-2-1-3-6-11/h1-10,19H,(H,18,20). The Hall–Kier alpha value is -2.88. The number of carbonyl (C=O) groups is 1. The number of pyridine rings is 1. The summed E-state index contributed by atoms with van der Waals surface area (Å²) in [5.74, 6) is -0.0975. The summed E-state index contributed by atoms with van der Waals surface area (Å²) in [6.07, 6.45) is 1.60. The van der Waals surface area contributed by atoms with Gasteiger partial charge in [-0.2, -0.15) is 0 Å². The SMILES string of the molecule is O=C(Nc1ccc(O)c2ncccc12)c1ccccc1. The summed E-state index contributed by atoms with van der Waals surface area (Å²) in [6, 6.07) is 15.7. The van der Waals surface area contributed by atoms with E-state index >= 15 is 0 Å². The van der Waals surface area contributed by atoms with E-state index in [-0.39, 0.29) is 11.7 Å². The fourth-order valence-corrected chi connectivity index (χ4v) is 2.05. The molecule has 0 aliphatic carbocycles. The van der Waals surface area contributed by atoms with Crippen molar-refractivity contribution in [2.75, 3.05) is 5.32 Å². The van der Waals surface area contributed by atoms with E-state index in [0.717, 1.165) is 0 Å². The second-order valence-electron chi connectivity index (χ2n) is 4.35. The molecule has 0 aliphatic rings. The van der Waals surface area contributed by atoms with Crippen LogP contribution in [0.4, 0.5) is 5.69 Å². The highest BCUT2D eigenvalue weighted by molar-refractivity contribution is 6.09. The second kappa shape index (κ2) is 5.01. The first kappa shape index (κ1) is 12.2. The van der Waals surface area contributed by atoms with Crippen molar-refractivity contribution in [1.82, 2.24) is 4.98 Å². The number of anilines is 1. The number of hydrogen-bond donors (Lipinski definition) is 2. The quantitative estimate of drug-likeness (QED) is 0.699. The number of phenols is 1. The van der Waals surface area contributed by atoms with Crippen molar-refractivity contribution in [2.24, 2.45) is 0 Å². The Labute approximate surface area is 115 Å². The smallest absolute Gasteiger partial charge is 0.255 e. The Morgan fingerprint density at radius 2 is 1.80 bits per heavy atom. The van der Waals surface area contributed by atoms with Gasteiger partial charge in [0.2, 0.25) is 0 Å². The molecule has 1 heterocycles. The first-order valence-corrected chi connectivity index (χ1v) is 6.19. The van der Waals surface area contributed by atoms with Gasteiger partial charge in [-0.15, -0.1) is 0 Å². The minimum Gasteiger partial charge on any atom is -0.506 e. The fraction of sp³-hybridized carbons (Fsp3) is 0. The van der Waals surface area contributed by atoms with Crippen molar-refractivity contribution in [2.45, 2.75) is 0 Å². The van der Waals surface area contributed by atoms with Gasteiger partial charge in [-0.05, 0) is 36.4 Å². The van der Waals surface area contributed by atoms with Gasteiger partial charge in [-0.25, -0.2) is 0 Å². The highest BCUT2D eigenvalue weighted by Gasteiger charge is 2.10. The number of nitrogens with one attached hydrogen (secondary N) is 1. The van der Waals surface area contributed by atoms with E-state index in [1.807, 2.05) is 24.3 Å². The highest BCUT2D eigenvalue weighted by Crippen LogP contribution is 2.29. The lowest BCUT2D eigenvalue weighted by Gasteiger charge is -2.09. The average Bonchev–Trinajstić information content (AvgIpc) is 2.51. The minimum atomic E-state index is -0.193. The van der Waals surface area contributed by atoms with Crippen LogP contribution in [0, 0.1) is 0 Å². The Balaban J connectivity index is 2.00. The van der Waals surface area contributed by atoms with Crippen LogP contribution in [0.25, 0.3) is 10.9 Å². The van der Waals surface area contributed by atoms with Crippen LogP contribution in [-0.4, -0.2) is 16.0 Å². The zero-order valence-electron chi connectivity index (χ0n) is 10.6. The molecule has 3 rings (SSSR count). The van der Waals surface area contributed by atoms with E-state index in [1.54, 1.807) is 30.5 Å². The molecule has 2 N–H and O–H groups in total. The summed E-state index contributed by atoms with van der Waals surface area (Å²) in [4.78, 5) is 16.3. The molecular formula is C16H12N2O2. The number of rotatable bonds is 2. The largest absolute Gasteiger partial charge is 0.506 e. The Kier molecular flexibility index (Phi) is 3.05. The van der Waals surface area contributed by atoms with Gasteiger partial charge in [-0.3, -0.25) is 9.78 Å². The van der Waals surface area contributed by atoms with Gasteiger partial charge in [-0.1, -0.05) is 18.2 Å². The van der Waals surface area contributed by atoms with Gasteiger partial charge in [0.25, 0.3) is 5.91 Å². The van der Waals surface area contributed by atoms with Crippen LogP contribution in [0.1, 0.15) is 10.4 Å². The maximum absolute atomic E-state index is 12.1. The molecule has 3 aromatic rings. The molecule has 0 bridgehead atoms. The summed E-state index contributed by atoms with van der Waals surface area (Å²) < 4.78 is 0. The van der Waals surface area contributed by atoms with Crippen LogP contribution < -0.4 is 5.32 Å². The van der Waals surface area contributed by atoms with Crippen LogP contribution >= 0.6 is 0 Å². The molecule has 1 aromatic heterocycles. The van der Waals surface area contributed by atoms with Crippen molar-refractivity contribution in [1.29, 1.82) is 0 Å². The van der Waals surface area contributed by atoms with Gasteiger partial charge >= 0.3 is 0 Å². The fourth-order valence-electron chi connectivity index (χ4n) is 2.05. The third-order valence-corrected chi connectivity index (χ3v) is 3.03. The molecule has 20 heavy (non-hydrogen) atoms. The summed E-state index contributed by atoms with van der Waals surface area (Å²) in [5.41, 5.74) is 1.68. The van der Waals surface area contributed by atoms with E-state index in [9.17, 15) is 9.90 Å². The van der Waals surface area contributed by atoms with E-state index in [4.69, 9.17) is 0 Å². The molecule has 1 amide bonds. The summed E-state index contributed by atoms with van der Waals surface area (Å²) in [7, 11) is 0. The lowest BCUT2D eigenvalue weighted by Crippen LogP contribution is -2.11. The number of amides is 1. The van der Waals surface area contributed by atoms with Gasteiger partial charge in [0.15, 0.2) is 0 Å². The number of carbonyl (C=O) groups excluding carboxylic acids is 1. The van der Waals surface area contributed by atoms with Crippen molar-refractivity contribution >= 4 is 22.5 Å². The van der Waals surface area contributed by atoms with E-state index in [0.29, 0.717) is 22.2 Å². The first-order chi connectivity index (χ1) is 9.75. The third kappa shape index (κ3) is 2.19. The van der Waals surface area contributed by atoms with E-state index < -0.39 is 0 Å². The first-order valence-electron chi connectivity index (χ1n) is 6.19. The molecule has 0 radical (unpaired) electrons. The maximum Gasteiger partial charge on any atom is 0.255 e. The van der Waals surface area contributed by atoms with Crippen molar-refractivity contribution in [3.05, 3.63) is 66.4 Å². The van der Waals surface area contributed by atoms with Crippen LogP contribution in [0.2, 0.25) is 0 Å². The molecule has 0 fully saturated rings. The minimum absolute atomic E-state index is 0.0957. The number of hydrogen-bond acceptors (Lipinski definition) is 3. The molecule has 4 heteroatoms. The van der Waals surface area contributed by atoms with E-state index in [2.05, 4.69) is 10.3 Å². The van der Waals surface area contributed by atoms with Gasteiger partial charge < -0.3 is 10.4 Å². The molecule has 0 spiro atoms. The average molecular weight is 264 g/mol. The molecular weight excluding hydrogens is 252 g/mol. The monoisotopic (exact) mass is 264 g/mol. The van der Waals surface area contributed by atoms with Crippen LogP contribution in [0.15, 0.2) is 60.8 Å². The summed E-state index contributed by atoms with van der Waals surface area (Å²) >= 11 is 0. The Morgan fingerprint density at radius 3 is 2.60 bits per heavy atom. The van der Waals surface area contributed by atoms with Gasteiger partial charge in [0.05, 0.1) is 5.69 Å². The van der Waals surface area contributed by atoms with Gasteiger partial charge in [0.1, 0.15) is 11.3 Å². The lowest BCUT2D eigenvalue weighted by atomic mass is 10.1. The molecule has 0 saturated carbocycles. The molecule has 0 aliphatic heterocycles. The third-order valence-electron chi connectivity index (χ3n) is 3.03. The molecule has 2 aromatic carbocycles. The Morgan fingerprint density at radius 1 is 1.00 bits per heavy atom. The topological polar surface area (TPSA) is 62.2 Å². The number of aromatic hydroxyl groups is 1. The number of fused-ring (bicyclic) bond motifs is 1. The number of aromatic nitrogens is 1. The number of benzene rings is 2. The normalized spacial score (nSPS) is 10.4. The van der Waals surface area contributed by atoms with Crippen molar-refractivity contribution in [3.8, 4) is 5.75 Å². The zero-order chi connectivity index (χ0) is 13.9. The number of nitrogens with zero attached hydrogens (tertiary/aromatic N) is 1. The molecule has 0 unspecified atom stereocenters. The van der Waals surface area contributed by atoms with Crippen molar-refractivity contribution < 1.29 is 9.90 Å². The van der Waals surface area contributed by atoms with Gasteiger partial charge in [0, 0.05) is 17.1 Å². The predicted molar refractivity (Wildman–Crippen MR) is 77.8 cm³/mol. The highest BCUT2D eigenvalue weighted by atomic mass is 16.3. The number of phenolic OH excluding ortho intramolecular Hbond substituents is 1. The molecule has 0 saturated heterocycles. The van der Waals surface area contributed by atoms with Crippen LogP contribution in [0.3, 0.4) is 0 Å². The molecule has 0 atom stereocenters. The maximum atomic E-state index is 12.1. The van der Waals surface area contributed by atoms with Crippen molar-refractivity contribution in [3.63, 3.8) is 0 Å². The zero-order valence-corrected chi connectivity index (χ0v) is 10.6. The van der Waals surface area contributed by atoms with Crippen LogP contribution in [0.5, 0.6) is 5.75 Å². The second-order valence-corrected chi connectivity index (χ2v) is 4.35. The van der Waals surface area contributed by atoms with Crippen LogP contribution in [-0.2, 0) is 0 Å². The van der Waals surface area contributed by atoms with E-state index in [1.165, 1.54) is 6.07 Å². The Bertz CT molecular complexity index is 770. The summed E-state index contributed by atoms with van der Waals surface area (Å²) in [5, 5.41) is 13.3.